The quantitative estimate of drug-likeness (QED) is 0.651. The van der Waals surface area contributed by atoms with Crippen LogP contribution in [-0.4, -0.2) is 27.4 Å². The highest BCUT2D eigenvalue weighted by Gasteiger charge is 2.11. The highest BCUT2D eigenvalue weighted by Crippen LogP contribution is 2.34. The molecule has 4 nitrogen and oxygen atoms in total. The molecule has 2 aromatic rings. The van der Waals surface area contributed by atoms with Crippen molar-refractivity contribution in [2.45, 2.75) is 20.1 Å². The standard InChI is InChI=1S/C19H24BrNO3/c1-14-6-4-5-7-15(14)13-24-19-11-17(20)16(10-18(19)23-3)12-21-8-9-22-2/h4-7,10-11,21H,8-9,12-13H2,1-3H3. The Labute approximate surface area is 152 Å². The van der Waals surface area contributed by atoms with E-state index in [1.54, 1.807) is 14.2 Å². The van der Waals surface area contributed by atoms with Crippen molar-refractivity contribution in [1.82, 2.24) is 5.32 Å². The molecule has 2 aromatic carbocycles. The van der Waals surface area contributed by atoms with Gasteiger partial charge in [0, 0.05) is 24.7 Å². The summed E-state index contributed by atoms with van der Waals surface area (Å²) in [4.78, 5) is 0. The van der Waals surface area contributed by atoms with Crippen molar-refractivity contribution in [3.05, 3.63) is 57.6 Å². The maximum Gasteiger partial charge on any atom is 0.162 e. The minimum atomic E-state index is 0.515. The lowest BCUT2D eigenvalue weighted by Crippen LogP contribution is -2.18. The fourth-order valence-corrected chi connectivity index (χ4v) is 2.77. The molecule has 0 radical (unpaired) electrons. The Morgan fingerprint density at radius 3 is 2.54 bits per heavy atom. The monoisotopic (exact) mass is 393 g/mol. The topological polar surface area (TPSA) is 39.7 Å². The van der Waals surface area contributed by atoms with Gasteiger partial charge < -0.3 is 19.5 Å². The second kappa shape index (κ2) is 9.67. The molecule has 0 spiro atoms. The molecule has 0 aliphatic rings. The van der Waals surface area contributed by atoms with Crippen molar-refractivity contribution < 1.29 is 14.2 Å². The van der Waals surface area contributed by atoms with E-state index < -0.39 is 0 Å². The molecule has 2 rings (SSSR count). The molecule has 0 saturated carbocycles. The Bertz CT molecular complexity index is 661. The van der Waals surface area contributed by atoms with E-state index >= 15 is 0 Å². The summed E-state index contributed by atoms with van der Waals surface area (Å²) >= 11 is 3.61. The van der Waals surface area contributed by atoms with Crippen LogP contribution in [0.3, 0.4) is 0 Å². The molecule has 0 heterocycles. The van der Waals surface area contributed by atoms with Crippen molar-refractivity contribution >= 4 is 15.9 Å². The molecule has 24 heavy (non-hydrogen) atoms. The van der Waals surface area contributed by atoms with Gasteiger partial charge in [-0.05, 0) is 35.7 Å². The first-order valence-electron chi connectivity index (χ1n) is 7.89. The van der Waals surface area contributed by atoms with Crippen LogP contribution in [-0.2, 0) is 17.9 Å². The Morgan fingerprint density at radius 2 is 1.83 bits per heavy atom. The highest BCUT2D eigenvalue weighted by molar-refractivity contribution is 9.10. The molecule has 0 fully saturated rings. The zero-order valence-electron chi connectivity index (χ0n) is 14.4. The maximum atomic E-state index is 5.98. The van der Waals surface area contributed by atoms with Crippen molar-refractivity contribution in [2.24, 2.45) is 0 Å². The Balaban J connectivity index is 2.07. The van der Waals surface area contributed by atoms with Gasteiger partial charge in [-0.3, -0.25) is 0 Å². The lowest BCUT2D eigenvalue weighted by Gasteiger charge is -2.15. The molecule has 0 aliphatic heterocycles. The molecular formula is C19H24BrNO3. The highest BCUT2D eigenvalue weighted by atomic mass is 79.9. The summed E-state index contributed by atoms with van der Waals surface area (Å²) in [7, 11) is 3.35. The molecule has 130 valence electrons. The van der Waals surface area contributed by atoms with Gasteiger partial charge in [-0.15, -0.1) is 0 Å². The van der Waals surface area contributed by atoms with Gasteiger partial charge in [0.1, 0.15) is 6.61 Å². The van der Waals surface area contributed by atoms with Gasteiger partial charge in [0.25, 0.3) is 0 Å². The third-order valence-corrected chi connectivity index (χ3v) is 4.51. The Hall–Kier alpha value is -1.56. The molecule has 0 bridgehead atoms. The predicted octanol–water partition coefficient (Wildman–Crippen LogP) is 4.08. The number of hydrogen-bond donors (Lipinski definition) is 1. The van der Waals surface area contributed by atoms with Crippen LogP contribution in [0.25, 0.3) is 0 Å². The fourth-order valence-electron chi connectivity index (χ4n) is 2.31. The van der Waals surface area contributed by atoms with Gasteiger partial charge in [0.15, 0.2) is 11.5 Å². The molecule has 1 N–H and O–H groups in total. The van der Waals surface area contributed by atoms with Gasteiger partial charge in [0.2, 0.25) is 0 Å². The van der Waals surface area contributed by atoms with E-state index in [1.165, 1.54) is 11.1 Å². The summed E-state index contributed by atoms with van der Waals surface area (Å²) in [6, 6.07) is 12.2. The molecular weight excluding hydrogens is 370 g/mol. The van der Waals surface area contributed by atoms with Crippen molar-refractivity contribution in [2.75, 3.05) is 27.4 Å². The first kappa shape index (κ1) is 18.8. The smallest absolute Gasteiger partial charge is 0.162 e. The van der Waals surface area contributed by atoms with Gasteiger partial charge in [-0.25, -0.2) is 0 Å². The maximum absolute atomic E-state index is 5.98. The largest absolute Gasteiger partial charge is 0.493 e. The summed E-state index contributed by atoms with van der Waals surface area (Å²) in [6.07, 6.45) is 0. The number of methoxy groups -OCH3 is 2. The molecule has 0 saturated heterocycles. The van der Waals surface area contributed by atoms with E-state index in [9.17, 15) is 0 Å². The molecule has 0 unspecified atom stereocenters. The molecule has 0 aliphatic carbocycles. The van der Waals surface area contributed by atoms with Gasteiger partial charge in [-0.2, -0.15) is 0 Å². The Morgan fingerprint density at radius 1 is 1.04 bits per heavy atom. The van der Waals surface area contributed by atoms with Crippen LogP contribution in [0.15, 0.2) is 40.9 Å². The second-order valence-electron chi connectivity index (χ2n) is 5.48. The van der Waals surface area contributed by atoms with E-state index in [0.29, 0.717) is 13.2 Å². The number of nitrogens with one attached hydrogen (secondary N) is 1. The van der Waals surface area contributed by atoms with E-state index in [-0.39, 0.29) is 0 Å². The number of ether oxygens (including phenoxy) is 3. The minimum absolute atomic E-state index is 0.515. The van der Waals surface area contributed by atoms with Crippen LogP contribution in [0.2, 0.25) is 0 Å². The summed E-state index contributed by atoms with van der Waals surface area (Å²) in [5.41, 5.74) is 3.50. The Kier molecular flexibility index (Phi) is 7.56. The average Bonchev–Trinajstić information content (AvgIpc) is 2.59. The van der Waals surface area contributed by atoms with Crippen LogP contribution in [0.4, 0.5) is 0 Å². The average molecular weight is 394 g/mol. The first-order valence-corrected chi connectivity index (χ1v) is 8.68. The summed E-state index contributed by atoms with van der Waals surface area (Å²) in [5.74, 6) is 1.46. The summed E-state index contributed by atoms with van der Waals surface area (Å²) in [5, 5.41) is 3.33. The first-order chi connectivity index (χ1) is 11.7. The molecule has 0 amide bonds. The van der Waals surface area contributed by atoms with Crippen LogP contribution >= 0.6 is 15.9 Å². The van der Waals surface area contributed by atoms with Crippen molar-refractivity contribution in [1.29, 1.82) is 0 Å². The summed E-state index contributed by atoms with van der Waals surface area (Å²) < 4.78 is 17.5. The lowest BCUT2D eigenvalue weighted by molar-refractivity contribution is 0.199. The molecule has 0 atom stereocenters. The number of aryl methyl sites for hydroxylation is 1. The summed E-state index contributed by atoms with van der Waals surface area (Å²) in [6.45, 7) is 4.82. The third kappa shape index (κ3) is 5.23. The zero-order chi connectivity index (χ0) is 17.4. The van der Waals surface area contributed by atoms with Crippen molar-refractivity contribution in [3.8, 4) is 11.5 Å². The third-order valence-electron chi connectivity index (χ3n) is 3.78. The number of benzene rings is 2. The van der Waals surface area contributed by atoms with Gasteiger partial charge in [-0.1, -0.05) is 40.2 Å². The predicted molar refractivity (Wildman–Crippen MR) is 99.8 cm³/mol. The molecule has 5 heteroatoms. The minimum Gasteiger partial charge on any atom is -0.493 e. The fraction of sp³-hybridized carbons (Fsp3) is 0.368. The zero-order valence-corrected chi connectivity index (χ0v) is 16.0. The SMILES string of the molecule is COCCNCc1cc(OC)c(OCc2ccccc2C)cc1Br. The van der Waals surface area contributed by atoms with Crippen LogP contribution in [0, 0.1) is 6.92 Å². The van der Waals surface area contributed by atoms with Crippen molar-refractivity contribution in [3.63, 3.8) is 0 Å². The van der Waals surface area contributed by atoms with E-state index in [0.717, 1.165) is 34.6 Å². The molecule has 0 aromatic heterocycles. The lowest BCUT2D eigenvalue weighted by atomic mass is 10.1. The van der Waals surface area contributed by atoms with E-state index in [1.807, 2.05) is 24.3 Å². The van der Waals surface area contributed by atoms with E-state index in [4.69, 9.17) is 14.2 Å². The van der Waals surface area contributed by atoms with Crippen LogP contribution < -0.4 is 14.8 Å². The number of rotatable bonds is 9. The van der Waals surface area contributed by atoms with Gasteiger partial charge in [0.05, 0.1) is 13.7 Å². The number of hydrogen-bond acceptors (Lipinski definition) is 4. The number of halogens is 1. The second-order valence-corrected chi connectivity index (χ2v) is 6.33. The van der Waals surface area contributed by atoms with E-state index in [2.05, 4.69) is 40.3 Å². The normalized spacial score (nSPS) is 10.7. The van der Waals surface area contributed by atoms with Crippen LogP contribution in [0.1, 0.15) is 16.7 Å². The van der Waals surface area contributed by atoms with Gasteiger partial charge >= 0.3 is 0 Å². The van der Waals surface area contributed by atoms with Crippen LogP contribution in [0.5, 0.6) is 11.5 Å².